The Morgan fingerprint density at radius 2 is 1.53 bits per heavy atom. The van der Waals surface area contributed by atoms with Crippen LogP contribution in [-0.2, 0) is 7.05 Å². The first-order valence-corrected chi connectivity index (χ1v) is 5.21. The van der Waals surface area contributed by atoms with Crippen molar-refractivity contribution in [3.63, 3.8) is 0 Å². The standard InChI is InChI=1S/C14H16N/c1-11-7-4-5-8-13(11)14-9-6-10-15(3)12(14)2/h4-10H,1-3H3/q+1. The molecule has 0 saturated heterocycles. The van der Waals surface area contributed by atoms with E-state index in [-0.39, 0.29) is 0 Å². The van der Waals surface area contributed by atoms with Crippen LogP contribution in [0.2, 0.25) is 0 Å². The van der Waals surface area contributed by atoms with Gasteiger partial charge in [-0.05, 0) is 24.1 Å². The summed E-state index contributed by atoms with van der Waals surface area (Å²) in [5.74, 6) is 0. The van der Waals surface area contributed by atoms with Gasteiger partial charge in [-0.2, -0.15) is 0 Å². The van der Waals surface area contributed by atoms with Gasteiger partial charge >= 0.3 is 0 Å². The lowest BCUT2D eigenvalue weighted by Gasteiger charge is -2.06. The van der Waals surface area contributed by atoms with Gasteiger partial charge in [0.15, 0.2) is 11.9 Å². The van der Waals surface area contributed by atoms with E-state index in [4.69, 9.17) is 0 Å². The van der Waals surface area contributed by atoms with Gasteiger partial charge in [-0.3, -0.25) is 0 Å². The predicted molar refractivity (Wildman–Crippen MR) is 62.5 cm³/mol. The Morgan fingerprint density at radius 1 is 0.867 bits per heavy atom. The van der Waals surface area contributed by atoms with E-state index in [0.717, 1.165) is 0 Å². The van der Waals surface area contributed by atoms with E-state index < -0.39 is 0 Å². The zero-order valence-electron chi connectivity index (χ0n) is 9.49. The number of nitrogens with zero attached hydrogens (tertiary/aromatic N) is 1. The van der Waals surface area contributed by atoms with Crippen LogP contribution in [0.15, 0.2) is 42.6 Å². The molecule has 2 rings (SSSR count). The summed E-state index contributed by atoms with van der Waals surface area (Å²) in [5.41, 5.74) is 5.27. The minimum Gasteiger partial charge on any atom is -0.205 e. The summed E-state index contributed by atoms with van der Waals surface area (Å²) in [5, 5.41) is 0. The molecule has 0 N–H and O–H groups in total. The lowest BCUT2D eigenvalue weighted by Crippen LogP contribution is -2.31. The highest BCUT2D eigenvalue weighted by Crippen LogP contribution is 2.23. The molecule has 0 amide bonds. The first kappa shape index (κ1) is 9.91. The molecule has 1 aromatic carbocycles. The van der Waals surface area contributed by atoms with Crippen LogP contribution in [0.4, 0.5) is 0 Å². The van der Waals surface area contributed by atoms with E-state index in [2.05, 4.69) is 68.1 Å². The summed E-state index contributed by atoms with van der Waals surface area (Å²) in [6.45, 7) is 4.31. The Labute approximate surface area is 91.0 Å². The van der Waals surface area contributed by atoms with E-state index in [1.807, 2.05) is 0 Å². The minimum absolute atomic E-state index is 1.30. The van der Waals surface area contributed by atoms with Crippen LogP contribution in [0.5, 0.6) is 0 Å². The molecular weight excluding hydrogens is 182 g/mol. The lowest BCUT2D eigenvalue weighted by molar-refractivity contribution is -0.677. The highest BCUT2D eigenvalue weighted by Gasteiger charge is 2.10. The quantitative estimate of drug-likeness (QED) is 0.620. The van der Waals surface area contributed by atoms with Crippen LogP contribution in [0.1, 0.15) is 11.3 Å². The Hall–Kier alpha value is -1.63. The molecule has 1 heteroatoms. The van der Waals surface area contributed by atoms with Gasteiger partial charge < -0.3 is 0 Å². The largest absolute Gasteiger partial charge is 0.205 e. The number of aromatic nitrogens is 1. The highest BCUT2D eigenvalue weighted by atomic mass is 14.9. The molecule has 76 valence electrons. The summed E-state index contributed by atoms with van der Waals surface area (Å²) >= 11 is 0. The number of hydrogen-bond donors (Lipinski definition) is 0. The van der Waals surface area contributed by atoms with E-state index >= 15 is 0 Å². The van der Waals surface area contributed by atoms with E-state index in [1.165, 1.54) is 22.4 Å². The number of benzene rings is 1. The topological polar surface area (TPSA) is 3.88 Å². The van der Waals surface area contributed by atoms with Gasteiger partial charge in [0.05, 0.1) is 0 Å². The van der Waals surface area contributed by atoms with Crippen molar-refractivity contribution in [1.82, 2.24) is 0 Å². The zero-order valence-corrected chi connectivity index (χ0v) is 9.49. The molecule has 0 spiro atoms. The molecule has 0 saturated carbocycles. The zero-order chi connectivity index (χ0) is 10.8. The number of aryl methyl sites for hydroxylation is 2. The third-order valence-corrected chi connectivity index (χ3v) is 2.93. The second kappa shape index (κ2) is 3.85. The Morgan fingerprint density at radius 3 is 2.27 bits per heavy atom. The Bertz CT molecular complexity index is 486. The first-order chi connectivity index (χ1) is 7.20. The second-order valence-corrected chi connectivity index (χ2v) is 3.93. The third kappa shape index (κ3) is 1.78. The van der Waals surface area contributed by atoms with Crippen molar-refractivity contribution in [3.8, 4) is 11.1 Å². The van der Waals surface area contributed by atoms with Crippen LogP contribution in [0.3, 0.4) is 0 Å². The molecule has 2 aromatic rings. The van der Waals surface area contributed by atoms with Crippen molar-refractivity contribution in [1.29, 1.82) is 0 Å². The molecule has 0 bridgehead atoms. The molecule has 0 aliphatic heterocycles. The first-order valence-electron chi connectivity index (χ1n) is 5.21. The fourth-order valence-electron chi connectivity index (χ4n) is 1.85. The number of pyridine rings is 1. The van der Waals surface area contributed by atoms with Crippen LogP contribution < -0.4 is 4.57 Å². The van der Waals surface area contributed by atoms with Crippen LogP contribution in [0.25, 0.3) is 11.1 Å². The molecule has 0 aliphatic rings. The molecule has 0 radical (unpaired) electrons. The molecule has 1 heterocycles. The van der Waals surface area contributed by atoms with Crippen LogP contribution in [0, 0.1) is 13.8 Å². The maximum Gasteiger partial charge on any atom is 0.185 e. The smallest absolute Gasteiger partial charge is 0.185 e. The Kier molecular flexibility index (Phi) is 2.55. The van der Waals surface area contributed by atoms with Crippen LogP contribution >= 0.6 is 0 Å². The third-order valence-electron chi connectivity index (χ3n) is 2.93. The molecule has 0 atom stereocenters. The molecule has 1 nitrogen and oxygen atoms in total. The van der Waals surface area contributed by atoms with Gasteiger partial charge in [0.25, 0.3) is 0 Å². The van der Waals surface area contributed by atoms with Gasteiger partial charge in [0.1, 0.15) is 7.05 Å². The fraction of sp³-hybridized carbons (Fsp3) is 0.214. The molecule has 0 aliphatic carbocycles. The van der Waals surface area contributed by atoms with E-state index in [9.17, 15) is 0 Å². The van der Waals surface area contributed by atoms with Crippen LogP contribution in [-0.4, -0.2) is 0 Å². The van der Waals surface area contributed by atoms with Gasteiger partial charge in [-0.25, -0.2) is 4.57 Å². The summed E-state index contributed by atoms with van der Waals surface area (Å²) in [7, 11) is 2.08. The maximum atomic E-state index is 2.18. The summed E-state index contributed by atoms with van der Waals surface area (Å²) in [4.78, 5) is 0. The molecule has 0 fully saturated rings. The van der Waals surface area contributed by atoms with Crippen molar-refractivity contribution < 1.29 is 4.57 Å². The average Bonchev–Trinajstić information content (AvgIpc) is 2.23. The van der Waals surface area contributed by atoms with Gasteiger partial charge in [0, 0.05) is 18.6 Å². The van der Waals surface area contributed by atoms with E-state index in [1.54, 1.807) is 0 Å². The van der Waals surface area contributed by atoms with Crippen molar-refractivity contribution in [3.05, 3.63) is 53.9 Å². The SMILES string of the molecule is Cc1ccccc1-c1ccc[n+](C)c1C. The van der Waals surface area contributed by atoms with E-state index in [0.29, 0.717) is 0 Å². The minimum atomic E-state index is 1.30. The molecule has 0 unspecified atom stereocenters. The second-order valence-electron chi connectivity index (χ2n) is 3.93. The number of hydrogen-bond acceptors (Lipinski definition) is 0. The predicted octanol–water partition coefficient (Wildman–Crippen LogP) is 2.79. The normalized spacial score (nSPS) is 10.3. The highest BCUT2D eigenvalue weighted by molar-refractivity contribution is 5.67. The molecule has 15 heavy (non-hydrogen) atoms. The van der Waals surface area contributed by atoms with Gasteiger partial charge in [0.2, 0.25) is 0 Å². The summed E-state index contributed by atoms with van der Waals surface area (Å²) in [6, 6.07) is 12.8. The van der Waals surface area contributed by atoms with Gasteiger partial charge in [-0.1, -0.05) is 24.3 Å². The lowest BCUT2D eigenvalue weighted by atomic mass is 10.00. The van der Waals surface area contributed by atoms with Crippen molar-refractivity contribution >= 4 is 0 Å². The van der Waals surface area contributed by atoms with Crippen molar-refractivity contribution in [2.24, 2.45) is 7.05 Å². The summed E-state index contributed by atoms with van der Waals surface area (Å²) < 4.78 is 2.15. The Balaban J connectivity index is 2.65. The number of rotatable bonds is 1. The molecular formula is C14H16N+. The van der Waals surface area contributed by atoms with Gasteiger partial charge in [-0.15, -0.1) is 0 Å². The van der Waals surface area contributed by atoms with Crippen molar-refractivity contribution in [2.45, 2.75) is 13.8 Å². The average molecular weight is 198 g/mol. The monoisotopic (exact) mass is 198 g/mol. The summed E-state index contributed by atoms with van der Waals surface area (Å²) in [6.07, 6.45) is 2.08. The molecule has 1 aromatic heterocycles. The fourth-order valence-corrected chi connectivity index (χ4v) is 1.85. The maximum absolute atomic E-state index is 2.18. The van der Waals surface area contributed by atoms with Crippen molar-refractivity contribution in [2.75, 3.05) is 0 Å².